The van der Waals surface area contributed by atoms with Crippen LogP contribution in [0.25, 0.3) is 0 Å². The Hall–Kier alpha value is -1.09. The molecule has 0 N–H and O–H groups in total. The molecule has 3 atom stereocenters. The van der Waals surface area contributed by atoms with Crippen LogP contribution in [0.1, 0.15) is 127 Å². The van der Waals surface area contributed by atoms with Gasteiger partial charge in [-0.3, -0.25) is 0 Å². The first-order valence-electron chi connectivity index (χ1n) is 21.0. The lowest BCUT2D eigenvalue weighted by molar-refractivity contribution is -0.145. The summed E-state index contributed by atoms with van der Waals surface area (Å²) in [5.74, 6) is -0.304. The van der Waals surface area contributed by atoms with Crippen LogP contribution in [0.5, 0.6) is 0 Å². The van der Waals surface area contributed by atoms with Crippen molar-refractivity contribution in [3.8, 4) is 0 Å². The Morgan fingerprint density at radius 2 is 1.25 bits per heavy atom. The topological polar surface area (TPSA) is 54.0 Å². The van der Waals surface area contributed by atoms with Gasteiger partial charge in [-0.2, -0.15) is 0 Å². The van der Waals surface area contributed by atoms with Crippen molar-refractivity contribution in [1.82, 2.24) is 0 Å². The van der Waals surface area contributed by atoms with E-state index in [-0.39, 0.29) is 39.4 Å². The monoisotopic (exact) mass is 938 g/mol. The molecule has 320 valence electrons. The van der Waals surface area contributed by atoms with E-state index in [0.717, 1.165) is 35.7 Å². The molecule has 0 fully saturated rings. The van der Waals surface area contributed by atoms with Gasteiger partial charge in [0.1, 0.15) is 6.10 Å². The van der Waals surface area contributed by atoms with E-state index in [2.05, 4.69) is 187 Å². The van der Waals surface area contributed by atoms with Crippen molar-refractivity contribution in [2.75, 3.05) is 6.61 Å². The number of carbonyl (C=O) groups is 1. The lowest BCUT2D eigenvalue weighted by atomic mass is 9.97. The zero-order chi connectivity index (χ0) is 43.2. The van der Waals surface area contributed by atoms with Gasteiger partial charge in [0.2, 0.25) is 0 Å². The van der Waals surface area contributed by atoms with Gasteiger partial charge < -0.3 is 18.0 Å². The molecule has 9 heteroatoms. The number of benzene rings is 1. The van der Waals surface area contributed by atoms with Crippen LogP contribution < -0.4 is 0 Å². The first kappa shape index (κ1) is 52.9. The van der Waals surface area contributed by atoms with Crippen LogP contribution in [0.2, 0.25) is 54.4 Å². The molecule has 1 rings (SSSR count). The number of ether oxygens (including phenoxy) is 1. The van der Waals surface area contributed by atoms with Crippen LogP contribution in [0.3, 0.4) is 0 Å². The molecule has 0 radical (unpaired) electrons. The number of allylic oxidation sites excluding steroid dienone is 4. The normalized spacial score (nSPS) is 16.1. The fraction of sp³-hybridized carbons (Fsp3) is 0.681. The average Bonchev–Trinajstić information content (AvgIpc) is 3.03. The summed E-state index contributed by atoms with van der Waals surface area (Å²) in [6, 6.07) is 10.6. The van der Waals surface area contributed by atoms with Gasteiger partial charge >= 0.3 is 5.97 Å². The molecule has 1 aromatic rings. The molecular weight excluding hydrogens is 856 g/mol. The van der Waals surface area contributed by atoms with E-state index < -0.39 is 25.0 Å². The lowest BCUT2D eigenvalue weighted by Gasteiger charge is -2.41. The Labute approximate surface area is 362 Å². The number of rotatable bonds is 23. The summed E-state index contributed by atoms with van der Waals surface area (Å²) in [5, 5.41) is 0.219. The van der Waals surface area contributed by atoms with Crippen LogP contribution in [-0.4, -0.2) is 55.8 Å². The zero-order valence-corrected chi connectivity index (χ0v) is 44.1. The predicted molar refractivity (Wildman–Crippen MR) is 259 cm³/mol. The summed E-state index contributed by atoms with van der Waals surface area (Å²) in [6.07, 6.45) is 13.8. The van der Waals surface area contributed by atoms with Crippen molar-refractivity contribution in [3.05, 3.63) is 81.5 Å². The summed E-state index contributed by atoms with van der Waals surface area (Å²) in [7, 11) is -6.20. The fourth-order valence-corrected chi connectivity index (χ4v) is 9.79. The standard InChI is InChI=1S/C47H83IO5Si3/c1-19-20-24-38(3)33-43(53-56(17,18)47(10,11)12)36-42(51-44(49)34-40(48)31-32-50-54(13,14)45(4,5)6)35-41(52-55(15,16)46(7,8)9)30-28-37(2)27-29-39-25-22-21-23-26-39/h19,21-27,34,41-43H,1,20,28-33,35-36H2,2-18H3/b37-27+,38-24+,40-34-/t41-,42+,43-/m1/s1. The van der Waals surface area contributed by atoms with Gasteiger partial charge in [-0.05, 0) is 129 Å². The summed E-state index contributed by atoms with van der Waals surface area (Å²) < 4.78 is 28.3. The molecule has 5 nitrogen and oxygen atoms in total. The largest absolute Gasteiger partial charge is 0.459 e. The number of hydrogen-bond acceptors (Lipinski definition) is 5. The van der Waals surface area contributed by atoms with Crippen LogP contribution in [-0.2, 0) is 29.2 Å². The SMILES string of the molecule is C=CC/C=C(\C)C[C@H](C[C@H](C[C@@H](CC/C(C)=C/Cc1ccccc1)O[Si](C)(C)C(C)(C)C)OC(=O)/C=C(\I)CCO[Si](C)(C)C(C)(C)C)O[Si](C)(C)C(C)(C)C. The highest BCUT2D eigenvalue weighted by Gasteiger charge is 2.42. The van der Waals surface area contributed by atoms with E-state index in [4.69, 9.17) is 18.0 Å². The van der Waals surface area contributed by atoms with E-state index in [1.165, 1.54) is 16.7 Å². The number of esters is 1. The van der Waals surface area contributed by atoms with Gasteiger partial charge in [-0.1, -0.05) is 122 Å². The summed E-state index contributed by atoms with van der Waals surface area (Å²) >= 11 is 2.28. The van der Waals surface area contributed by atoms with Crippen molar-refractivity contribution >= 4 is 53.5 Å². The molecule has 0 aliphatic rings. The molecule has 0 saturated heterocycles. The molecule has 56 heavy (non-hydrogen) atoms. The second-order valence-corrected chi connectivity index (χ2v) is 36.2. The molecule has 1 aromatic carbocycles. The highest BCUT2D eigenvalue weighted by atomic mass is 127. The predicted octanol–water partition coefficient (Wildman–Crippen LogP) is 15.1. The van der Waals surface area contributed by atoms with Gasteiger partial charge in [-0.25, -0.2) is 4.79 Å². The molecule has 0 spiro atoms. The average molecular weight is 939 g/mol. The molecule has 0 aliphatic carbocycles. The molecule has 0 unspecified atom stereocenters. The molecular formula is C47H83IO5Si3. The molecule has 0 heterocycles. The minimum Gasteiger partial charge on any atom is -0.459 e. The van der Waals surface area contributed by atoms with E-state index in [1.807, 2.05) is 6.08 Å². The van der Waals surface area contributed by atoms with Gasteiger partial charge in [0.15, 0.2) is 25.0 Å². The quantitative estimate of drug-likeness (QED) is 0.0360. The van der Waals surface area contributed by atoms with Gasteiger partial charge in [0, 0.05) is 41.6 Å². The zero-order valence-electron chi connectivity index (χ0n) is 38.9. The van der Waals surface area contributed by atoms with Crippen molar-refractivity contribution in [2.45, 2.75) is 200 Å². The second-order valence-electron chi connectivity index (χ2n) is 20.5. The molecule has 0 amide bonds. The maximum absolute atomic E-state index is 13.9. The molecule has 0 aliphatic heterocycles. The van der Waals surface area contributed by atoms with Crippen LogP contribution >= 0.6 is 22.6 Å². The van der Waals surface area contributed by atoms with Gasteiger partial charge in [0.25, 0.3) is 0 Å². The van der Waals surface area contributed by atoms with Crippen molar-refractivity contribution in [2.24, 2.45) is 0 Å². The van der Waals surface area contributed by atoms with Crippen molar-refractivity contribution < 1.29 is 22.8 Å². The maximum atomic E-state index is 13.9. The number of hydrogen-bond donors (Lipinski definition) is 0. The van der Waals surface area contributed by atoms with Crippen molar-refractivity contribution in [3.63, 3.8) is 0 Å². The second kappa shape index (κ2) is 23.1. The minimum atomic E-state index is -2.16. The van der Waals surface area contributed by atoms with E-state index in [9.17, 15) is 4.79 Å². The van der Waals surface area contributed by atoms with E-state index in [1.54, 1.807) is 6.08 Å². The molecule has 0 bridgehead atoms. The highest BCUT2D eigenvalue weighted by molar-refractivity contribution is 14.1. The third kappa shape index (κ3) is 19.8. The Bertz CT molecular complexity index is 1440. The fourth-order valence-electron chi connectivity index (χ4n) is 5.51. The molecule has 0 saturated carbocycles. The first-order valence-corrected chi connectivity index (χ1v) is 30.8. The summed E-state index contributed by atoms with van der Waals surface area (Å²) in [6.45, 7) is 43.2. The van der Waals surface area contributed by atoms with Gasteiger partial charge in [-0.15, -0.1) is 6.58 Å². The third-order valence-corrected chi connectivity index (χ3v) is 26.8. The highest BCUT2D eigenvalue weighted by Crippen LogP contribution is 2.41. The van der Waals surface area contributed by atoms with E-state index >= 15 is 0 Å². The Balaban J connectivity index is 3.57. The minimum absolute atomic E-state index is 0.0408. The van der Waals surface area contributed by atoms with Crippen LogP contribution in [0.4, 0.5) is 0 Å². The maximum Gasteiger partial charge on any atom is 0.331 e. The Morgan fingerprint density at radius 3 is 1.77 bits per heavy atom. The smallest absolute Gasteiger partial charge is 0.331 e. The summed E-state index contributed by atoms with van der Waals surface area (Å²) in [4.78, 5) is 13.9. The van der Waals surface area contributed by atoms with Crippen LogP contribution in [0.15, 0.2) is 75.9 Å². The number of carbonyl (C=O) groups excluding carboxylic acids is 1. The Morgan fingerprint density at radius 1 is 0.732 bits per heavy atom. The first-order chi connectivity index (χ1) is 25.5. The van der Waals surface area contributed by atoms with Crippen molar-refractivity contribution in [1.29, 1.82) is 0 Å². The number of halogens is 1. The molecule has 0 aromatic heterocycles. The summed E-state index contributed by atoms with van der Waals surface area (Å²) in [5.41, 5.74) is 3.93. The Kier molecular flexibility index (Phi) is 21.8. The lowest BCUT2D eigenvalue weighted by Crippen LogP contribution is -2.46. The van der Waals surface area contributed by atoms with E-state index in [0.29, 0.717) is 25.9 Å². The third-order valence-electron chi connectivity index (χ3n) is 12.3. The van der Waals surface area contributed by atoms with Crippen LogP contribution in [0, 0.1) is 0 Å². The van der Waals surface area contributed by atoms with Gasteiger partial charge in [0.05, 0.1) is 6.10 Å².